The van der Waals surface area contributed by atoms with E-state index in [9.17, 15) is 13.2 Å². The van der Waals surface area contributed by atoms with E-state index in [0.29, 0.717) is 16.5 Å². The largest absolute Gasteiger partial charge is 0.495 e. The van der Waals surface area contributed by atoms with Gasteiger partial charge in [0.1, 0.15) is 11.8 Å². The molecule has 0 heterocycles. The molecule has 140 valence electrons. The molecule has 0 saturated heterocycles. The average Bonchev–Trinajstić information content (AvgIpc) is 2.56. The maximum absolute atomic E-state index is 12.6. The predicted octanol–water partition coefficient (Wildman–Crippen LogP) is 3.90. The SMILES string of the molecule is COc1ccc(Cl)cc1N([C@H](C)C(=O)Nc1ccc(Br)cc1)S(C)(=O)=O. The first kappa shape index (κ1) is 20.5. The van der Waals surface area contributed by atoms with Crippen LogP contribution in [-0.4, -0.2) is 33.7 Å². The molecule has 6 nitrogen and oxygen atoms in total. The number of nitrogens with zero attached hydrogens (tertiary/aromatic N) is 1. The van der Waals surface area contributed by atoms with E-state index >= 15 is 0 Å². The van der Waals surface area contributed by atoms with Crippen molar-refractivity contribution in [3.05, 3.63) is 52.0 Å². The van der Waals surface area contributed by atoms with Gasteiger partial charge in [-0.1, -0.05) is 27.5 Å². The van der Waals surface area contributed by atoms with Crippen LogP contribution in [0.25, 0.3) is 0 Å². The molecule has 1 amide bonds. The second-order valence-electron chi connectivity index (χ2n) is 5.55. The normalized spacial score (nSPS) is 12.3. The number of anilines is 2. The van der Waals surface area contributed by atoms with Crippen LogP contribution in [0.4, 0.5) is 11.4 Å². The third kappa shape index (κ3) is 4.90. The Morgan fingerprint density at radius 2 is 1.85 bits per heavy atom. The van der Waals surface area contributed by atoms with Gasteiger partial charge in [-0.3, -0.25) is 9.10 Å². The second-order valence-corrected chi connectivity index (χ2v) is 8.76. The third-order valence-electron chi connectivity index (χ3n) is 3.58. The summed E-state index contributed by atoms with van der Waals surface area (Å²) in [4.78, 5) is 12.6. The van der Waals surface area contributed by atoms with Crippen molar-refractivity contribution in [2.75, 3.05) is 23.0 Å². The standard InChI is InChI=1S/C17H18BrClN2O4S/c1-11(17(22)20-14-7-4-12(18)5-8-14)21(26(3,23)24)15-10-13(19)6-9-16(15)25-2/h4-11H,1-3H3,(H,20,22)/t11-/m1/s1. The molecule has 0 aromatic heterocycles. The quantitative estimate of drug-likeness (QED) is 0.708. The van der Waals surface area contributed by atoms with E-state index in [2.05, 4.69) is 21.2 Å². The Kier molecular flexibility index (Phi) is 6.54. The number of nitrogens with one attached hydrogen (secondary N) is 1. The minimum absolute atomic E-state index is 0.195. The van der Waals surface area contributed by atoms with Crippen LogP contribution < -0.4 is 14.4 Å². The van der Waals surface area contributed by atoms with Crippen LogP contribution in [0.1, 0.15) is 6.92 Å². The highest BCUT2D eigenvalue weighted by molar-refractivity contribution is 9.10. The zero-order chi connectivity index (χ0) is 19.5. The lowest BCUT2D eigenvalue weighted by atomic mass is 10.2. The molecule has 1 atom stereocenters. The lowest BCUT2D eigenvalue weighted by Crippen LogP contribution is -2.45. The Morgan fingerprint density at radius 1 is 1.23 bits per heavy atom. The summed E-state index contributed by atoms with van der Waals surface area (Å²) in [5.41, 5.74) is 0.748. The molecule has 9 heteroatoms. The number of halogens is 2. The van der Waals surface area contributed by atoms with E-state index in [1.54, 1.807) is 36.4 Å². The number of amides is 1. The van der Waals surface area contributed by atoms with Gasteiger partial charge in [0.15, 0.2) is 0 Å². The minimum atomic E-state index is -3.78. The molecule has 0 aliphatic carbocycles. The van der Waals surface area contributed by atoms with Crippen LogP contribution in [0.15, 0.2) is 46.9 Å². The molecule has 0 fully saturated rings. The van der Waals surface area contributed by atoms with E-state index in [4.69, 9.17) is 16.3 Å². The number of hydrogen-bond acceptors (Lipinski definition) is 4. The molecule has 0 aliphatic heterocycles. The van der Waals surface area contributed by atoms with Crippen molar-refractivity contribution in [1.29, 1.82) is 0 Å². The smallest absolute Gasteiger partial charge is 0.247 e. The highest BCUT2D eigenvalue weighted by Gasteiger charge is 2.31. The van der Waals surface area contributed by atoms with Crippen molar-refractivity contribution in [2.24, 2.45) is 0 Å². The van der Waals surface area contributed by atoms with Gasteiger partial charge in [-0.05, 0) is 49.4 Å². The van der Waals surface area contributed by atoms with Crippen LogP contribution in [0.3, 0.4) is 0 Å². The number of ether oxygens (including phenoxy) is 1. The maximum atomic E-state index is 12.6. The monoisotopic (exact) mass is 460 g/mol. The van der Waals surface area contributed by atoms with Gasteiger partial charge < -0.3 is 10.1 Å². The summed E-state index contributed by atoms with van der Waals surface area (Å²) in [5.74, 6) is -0.192. The molecule has 1 N–H and O–H groups in total. The number of benzene rings is 2. The summed E-state index contributed by atoms with van der Waals surface area (Å²) >= 11 is 9.33. The van der Waals surface area contributed by atoms with E-state index in [1.165, 1.54) is 20.1 Å². The summed E-state index contributed by atoms with van der Waals surface area (Å²) < 4.78 is 31.9. The zero-order valence-corrected chi connectivity index (χ0v) is 17.5. The predicted molar refractivity (Wildman–Crippen MR) is 108 cm³/mol. The molecule has 0 saturated carbocycles. The van der Waals surface area contributed by atoms with Crippen molar-refractivity contribution >= 4 is 54.8 Å². The van der Waals surface area contributed by atoms with Crippen LogP contribution in [-0.2, 0) is 14.8 Å². The summed E-state index contributed by atoms with van der Waals surface area (Å²) in [5, 5.41) is 3.03. The first-order valence-electron chi connectivity index (χ1n) is 7.53. The molecule has 0 spiro atoms. The molecule has 26 heavy (non-hydrogen) atoms. The van der Waals surface area contributed by atoms with E-state index in [0.717, 1.165) is 15.0 Å². The van der Waals surface area contributed by atoms with Gasteiger partial charge in [-0.15, -0.1) is 0 Å². The molecule has 0 bridgehead atoms. The Labute approximate surface area is 166 Å². The summed E-state index contributed by atoms with van der Waals surface area (Å²) in [6.07, 6.45) is 1.02. The number of hydrogen-bond donors (Lipinski definition) is 1. The molecular weight excluding hydrogens is 444 g/mol. The zero-order valence-electron chi connectivity index (χ0n) is 14.4. The molecule has 0 radical (unpaired) electrons. The second kappa shape index (κ2) is 8.28. The first-order chi connectivity index (χ1) is 12.1. The van der Waals surface area contributed by atoms with E-state index in [1.807, 2.05) is 0 Å². The van der Waals surface area contributed by atoms with E-state index in [-0.39, 0.29) is 5.69 Å². The molecule has 2 rings (SSSR count). The van der Waals surface area contributed by atoms with Crippen molar-refractivity contribution in [3.63, 3.8) is 0 Å². The van der Waals surface area contributed by atoms with Crippen LogP contribution >= 0.6 is 27.5 Å². The molecule has 0 unspecified atom stereocenters. The molecule has 2 aromatic rings. The van der Waals surface area contributed by atoms with Gasteiger partial charge in [0, 0.05) is 15.2 Å². The third-order valence-corrected chi connectivity index (χ3v) is 5.57. The number of carbonyl (C=O) groups is 1. The van der Waals surface area contributed by atoms with Crippen molar-refractivity contribution < 1.29 is 17.9 Å². The highest BCUT2D eigenvalue weighted by atomic mass is 79.9. The molecule has 0 aliphatic rings. The van der Waals surface area contributed by atoms with Gasteiger partial charge in [0.25, 0.3) is 0 Å². The minimum Gasteiger partial charge on any atom is -0.495 e. The summed E-state index contributed by atoms with van der Waals surface area (Å²) in [6.45, 7) is 1.50. The van der Waals surface area contributed by atoms with Gasteiger partial charge in [0.05, 0.1) is 19.1 Å². The fourth-order valence-corrected chi connectivity index (χ4v) is 4.00. The Hall–Kier alpha value is -1.77. The van der Waals surface area contributed by atoms with Crippen molar-refractivity contribution in [3.8, 4) is 5.75 Å². The fraction of sp³-hybridized carbons (Fsp3) is 0.235. The summed E-state index contributed by atoms with van der Waals surface area (Å²) in [7, 11) is -2.37. The van der Waals surface area contributed by atoms with Crippen LogP contribution in [0.5, 0.6) is 5.75 Å². The Bertz CT molecular complexity index is 903. The topological polar surface area (TPSA) is 75.7 Å². The fourth-order valence-electron chi connectivity index (χ4n) is 2.40. The molecule has 2 aromatic carbocycles. The maximum Gasteiger partial charge on any atom is 0.247 e. The van der Waals surface area contributed by atoms with E-state index < -0.39 is 22.0 Å². The highest BCUT2D eigenvalue weighted by Crippen LogP contribution is 2.34. The average molecular weight is 462 g/mol. The Morgan fingerprint density at radius 3 is 2.38 bits per heavy atom. The number of sulfonamides is 1. The lowest BCUT2D eigenvalue weighted by molar-refractivity contribution is -0.116. The van der Waals surface area contributed by atoms with Gasteiger partial charge in [0.2, 0.25) is 15.9 Å². The van der Waals surface area contributed by atoms with Crippen molar-refractivity contribution in [1.82, 2.24) is 0 Å². The van der Waals surface area contributed by atoms with Gasteiger partial charge in [-0.25, -0.2) is 8.42 Å². The lowest BCUT2D eigenvalue weighted by Gasteiger charge is -2.29. The van der Waals surface area contributed by atoms with Crippen LogP contribution in [0, 0.1) is 0 Å². The number of carbonyl (C=O) groups excluding carboxylic acids is 1. The first-order valence-corrected chi connectivity index (χ1v) is 10.5. The van der Waals surface area contributed by atoms with Gasteiger partial charge >= 0.3 is 0 Å². The van der Waals surface area contributed by atoms with Crippen LogP contribution in [0.2, 0.25) is 5.02 Å². The Balaban J connectivity index is 2.39. The van der Waals surface area contributed by atoms with Gasteiger partial charge in [-0.2, -0.15) is 0 Å². The number of methoxy groups -OCH3 is 1. The van der Waals surface area contributed by atoms with Crippen molar-refractivity contribution in [2.45, 2.75) is 13.0 Å². The number of rotatable bonds is 6. The molecular formula is C17H18BrClN2O4S. The summed E-state index contributed by atoms with van der Waals surface area (Å²) in [6, 6.07) is 10.5.